The number of alkyl halides is 3. The summed E-state index contributed by atoms with van der Waals surface area (Å²) in [6.07, 6.45) is -5.63. The molecule has 0 amide bonds. The number of hydrogen-bond donors (Lipinski definition) is 1. The zero-order valence-corrected chi connectivity index (χ0v) is 14.1. The summed E-state index contributed by atoms with van der Waals surface area (Å²) in [6, 6.07) is 3.97. The average Bonchev–Trinajstić information content (AvgIpc) is 3.09. The van der Waals surface area contributed by atoms with Crippen LogP contribution in [0.1, 0.15) is 23.0 Å². The molecule has 0 spiro atoms. The second-order valence-electron chi connectivity index (χ2n) is 5.48. The van der Waals surface area contributed by atoms with E-state index in [0.29, 0.717) is 12.1 Å². The molecule has 13 heteroatoms. The van der Waals surface area contributed by atoms with E-state index in [1.54, 1.807) is 0 Å². The first-order chi connectivity index (χ1) is 13.0. The predicted octanol–water partition coefficient (Wildman–Crippen LogP) is 3.77. The highest BCUT2D eigenvalue weighted by Gasteiger charge is 2.33. The van der Waals surface area contributed by atoms with E-state index in [-0.39, 0.29) is 12.2 Å². The number of nitro benzene ring substituents is 1. The van der Waals surface area contributed by atoms with Gasteiger partial charge in [0.25, 0.3) is 5.69 Å². The monoisotopic (exact) mass is 403 g/mol. The molecule has 1 aromatic heterocycles. The second-order valence-corrected chi connectivity index (χ2v) is 5.48. The molecular weight excluding hydrogens is 391 g/mol. The number of rotatable bonds is 7. The second kappa shape index (κ2) is 7.94. The average molecular weight is 403 g/mol. The molecule has 0 radical (unpaired) electrons. The van der Waals surface area contributed by atoms with Crippen LogP contribution < -0.4 is 5.32 Å². The van der Waals surface area contributed by atoms with Gasteiger partial charge in [-0.05, 0) is 25.1 Å². The van der Waals surface area contributed by atoms with Gasteiger partial charge in [0.2, 0.25) is 5.76 Å². The highest BCUT2D eigenvalue weighted by Crippen LogP contribution is 2.35. The highest BCUT2D eigenvalue weighted by atomic mass is 19.4. The lowest BCUT2D eigenvalue weighted by Crippen LogP contribution is -2.23. The molecule has 0 saturated carbocycles. The molecule has 150 valence electrons. The van der Waals surface area contributed by atoms with Gasteiger partial charge in [0.05, 0.1) is 23.1 Å². The van der Waals surface area contributed by atoms with Gasteiger partial charge in [-0.15, -0.1) is 0 Å². The summed E-state index contributed by atoms with van der Waals surface area (Å²) in [6.45, 7) is 1.22. The van der Waals surface area contributed by atoms with Crippen LogP contribution in [-0.4, -0.2) is 28.5 Å². The summed E-state index contributed by atoms with van der Waals surface area (Å²) in [4.78, 5) is 31.5. The smallest absolute Gasteiger partial charge is 0.433 e. The van der Waals surface area contributed by atoms with E-state index in [4.69, 9.17) is 4.74 Å². The maximum Gasteiger partial charge on any atom is 0.433 e. The van der Waals surface area contributed by atoms with E-state index < -0.39 is 51.0 Å². The van der Waals surface area contributed by atoms with Crippen LogP contribution in [0, 0.1) is 20.2 Å². The molecule has 0 bridgehead atoms. The molecule has 0 fully saturated rings. The van der Waals surface area contributed by atoms with Crippen LogP contribution >= 0.6 is 0 Å². The Kier molecular flexibility index (Phi) is 5.86. The molecule has 0 unspecified atom stereocenters. The van der Waals surface area contributed by atoms with Gasteiger partial charge in [0.15, 0.2) is 0 Å². The Morgan fingerprint density at radius 3 is 2.43 bits per heavy atom. The lowest BCUT2D eigenvalue weighted by Gasteiger charge is -2.15. The third-order valence-electron chi connectivity index (χ3n) is 3.38. The lowest BCUT2D eigenvalue weighted by molar-refractivity contribution is -0.402. The lowest BCUT2D eigenvalue weighted by atomic mass is 10.1. The topological polar surface area (TPSA) is 138 Å². The summed E-state index contributed by atoms with van der Waals surface area (Å²) >= 11 is 0. The van der Waals surface area contributed by atoms with E-state index in [1.165, 1.54) is 6.92 Å². The van der Waals surface area contributed by atoms with Crippen molar-refractivity contribution in [2.24, 2.45) is 0 Å². The summed E-state index contributed by atoms with van der Waals surface area (Å²) < 4.78 is 47.7. The van der Waals surface area contributed by atoms with Crippen LogP contribution in [0.2, 0.25) is 0 Å². The fourth-order valence-corrected chi connectivity index (χ4v) is 2.08. The molecule has 2 aromatic rings. The molecule has 10 nitrogen and oxygen atoms in total. The number of anilines is 1. The molecule has 0 aliphatic heterocycles. The first-order valence-electron chi connectivity index (χ1n) is 7.53. The van der Waals surface area contributed by atoms with E-state index >= 15 is 0 Å². The van der Waals surface area contributed by atoms with Gasteiger partial charge in [-0.25, -0.2) is 4.79 Å². The first kappa shape index (κ1) is 20.7. The Labute approximate surface area is 154 Å². The van der Waals surface area contributed by atoms with Gasteiger partial charge in [-0.3, -0.25) is 20.2 Å². The summed E-state index contributed by atoms with van der Waals surface area (Å²) in [5, 5.41) is 24.1. The SMILES string of the molecule is C[C@@H](CNc1ccc(C(F)(F)F)cc1[N+](=O)[O-])OC(=O)c1ccc([N+](=O)[O-])o1. The van der Waals surface area contributed by atoms with E-state index in [1.807, 2.05) is 0 Å². The maximum absolute atomic E-state index is 12.7. The molecule has 0 saturated heterocycles. The fourth-order valence-electron chi connectivity index (χ4n) is 2.08. The van der Waals surface area contributed by atoms with Gasteiger partial charge in [-0.1, -0.05) is 0 Å². The fraction of sp³-hybridized carbons (Fsp3) is 0.267. The van der Waals surface area contributed by atoms with Crippen LogP contribution in [0.15, 0.2) is 34.7 Å². The molecule has 1 atom stereocenters. The number of carbonyl (C=O) groups excluding carboxylic acids is 1. The minimum Gasteiger partial charge on any atom is -0.455 e. The minimum atomic E-state index is -4.74. The van der Waals surface area contributed by atoms with Gasteiger partial charge in [-0.2, -0.15) is 13.2 Å². The largest absolute Gasteiger partial charge is 0.455 e. The Bertz CT molecular complexity index is 911. The van der Waals surface area contributed by atoms with Gasteiger partial charge < -0.3 is 14.5 Å². The van der Waals surface area contributed by atoms with E-state index in [2.05, 4.69) is 9.73 Å². The number of carbonyl (C=O) groups is 1. The normalized spacial score (nSPS) is 12.3. The van der Waals surface area contributed by atoms with Crippen molar-refractivity contribution in [3.05, 3.63) is 61.9 Å². The zero-order chi connectivity index (χ0) is 21.1. The Morgan fingerprint density at radius 1 is 1.21 bits per heavy atom. The number of nitro groups is 2. The number of halogens is 3. The van der Waals surface area contributed by atoms with Crippen molar-refractivity contribution in [1.82, 2.24) is 0 Å². The van der Waals surface area contributed by atoms with Crippen LogP contribution in [0.5, 0.6) is 0 Å². The molecule has 2 rings (SSSR count). The number of nitrogens with one attached hydrogen (secondary N) is 1. The molecular formula is C15H12F3N3O7. The van der Waals surface area contributed by atoms with Crippen molar-refractivity contribution in [3.8, 4) is 0 Å². The number of benzene rings is 1. The van der Waals surface area contributed by atoms with Gasteiger partial charge in [0, 0.05) is 6.07 Å². The van der Waals surface area contributed by atoms with Crippen molar-refractivity contribution < 1.29 is 37.0 Å². The number of hydrogen-bond acceptors (Lipinski definition) is 8. The van der Waals surface area contributed by atoms with Gasteiger partial charge in [0.1, 0.15) is 16.7 Å². The highest BCUT2D eigenvalue weighted by molar-refractivity contribution is 5.86. The van der Waals surface area contributed by atoms with E-state index in [0.717, 1.165) is 18.2 Å². The quantitative estimate of drug-likeness (QED) is 0.419. The van der Waals surface area contributed by atoms with Crippen molar-refractivity contribution in [2.45, 2.75) is 19.2 Å². The predicted molar refractivity (Wildman–Crippen MR) is 86.8 cm³/mol. The molecule has 0 aliphatic rings. The van der Waals surface area contributed by atoms with Crippen molar-refractivity contribution in [3.63, 3.8) is 0 Å². The van der Waals surface area contributed by atoms with Crippen molar-refractivity contribution >= 4 is 23.2 Å². The molecule has 1 N–H and O–H groups in total. The van der Waals surface area contributed by atoms with Crippen molar-refractivity contribution in [1.29, 1.82) is 0 Å². The number of ether oxygens (including phenoxy) is 1. The maximum atomic E-state index is 12.7. The standard InChI is InChI=1S/C15H12F3N3O7/c1-8(27-14(22)12-4-5-13(28-12)21(25)26)7-19-10-3-2-9(15(16,17)18)6-11(10)20(23)24/h2-6,8,19H,7H2,1H3/t8-/m0/s1. The van der Waals surface area contributed by atoms with Crippen molar-refractivity contribution in [2.75, 3.05) is 11.9 Å². The number of esters is 1. The summed E-state index contributed by atoms with van der Waals surface area (Å²) in [5.74, 6) is -2.08. The van der Waals surface area contributed by atoms with E-state index in [9.17, 15) is 38.2 Å². The molecule has 28 heavy (non-hydrogen) atoms. The van der Waals surface area contributed by atoms with Crippen LogP contribution in [-0.2, 0) is 10.9 Å². The van der Waals surface area contributed by atoms with Crippen LogP contribution in [0.3, 0.4) is 0 Å². The first-order valence-corrected chi connectivity index (χ1v) is 7.53. The Balaban J connectivity index is 2.03. The molecule has 0 aliphatic carbocycles. The summed E-state index contributed by atoms with van der Waals surface area (Å²) in [5.41, 5.74) is -2.17. The Morgan fingerprint density at radius 2 is 1.89 bits per heavy atom. The molecule has 1 aromatic carbocycles. The van der Waals surface area contributed by atoms with Crippen LogP contribution in [0.25, 0.3) is 0 Å². The minimum absolute atomic E-state index is 0.180. The Hall–Kier alpha value is -3.64. The molecule has 1 heterocycles. The summed E-state index contributed by atoms with van der Waals surface area (Å²) in [7, 11) is 0. The number of furan rings is 1. The van der Waals surface area contributed by atoms with Crippen LogP contribution in [0.4, 0.5) is 30.4 Å². The van der Waals surface area contributed by atoms with Gasteiger partial charge >= 0.3 is 18.0 Å². The third kappa shape index (κ3) is 4.96. The zero-order valence-electron chi connectivity index (χ0n) is 14.1. The number of nitrogens with zero attached hydrogens (tertiary/aromatic N) is 2. The third-order valence-corrected chi connectivity index (χ3v) is 3.38.